The Balaban J connectivity index is 1.36. The molecule has 1 saturated carbocycles. The largest absolute Gasteiger partial charge is 0.309 e. The summed E-state index contributed by atoms with van der Waals surface area (Å²) in [7, 11) is 0. The number of halogens is 2. The van der Waals surface area contributed by atoms with Gasteiger partial charge in [0.15, 0.2) is 17.5 Å². The Bertz CT molecular complexity index is 1460. The average Bonchev–Trinajstić information content (AvgIpc) is 2.89. The van der Waals surface area contributed by atoms with Crippen LogP contribution in [0.3, 0.4) is 0 Å². The van der Waals surface area contributed by atoms with Gasteiger partial charge in [-0.3, -0.25) is 4.79 Å². The van der Waals surface area contributed by atoms with Crippen LogP contribution in [0.5, 0.6) is 0 Å². The van der Waals surface area contributed by atoms with E-state index in [4.69, 9.17) is 9.97 Å². The van der Waals surface area contributed by atoms with E-state index in [1.807, 2.05) is 6.07 Å². The summed E-state index contributed by atoms with van der Waals surface area (Å²) < 4.78 is 27.1. The number of aromatic nitrogens is 2. The zero-order valence-corrected chi connectivity index (χ0v) is 22.0. The molecule has 6 rings (SSSR count). The average molecular weight is 514 g/mol. The molecule has 1 fully saturated rings. The molecule has 196 valence electrons. The van der Waals surface area contributed by atoms with Gasteiger partial charge in [-0.2, -0.15) is 0 Å². The standard InChI is InChI=1S/C32H33F2N3O/c1-19-13-23-17-32(16-19,12-11-20(23)2)18-28-31(37-29(38)15-21-7-9-25(33)26(34)14-21)36-27-10-8-22-5-3-4-6-24(22)30(27)35-28/h3-7,9,14,19H,8,10-13,15-18H2,1-2H3,(H,36,37,38). The number of amides is 1. The number of nitrogens with zero attached hydrogens (tertiary/aromatic N) is 2. The summed E-state index contributed by atoms with van der Waals surface area (Å²) in [5.41, 5.74) is 8.70. The van der Waals surface area contributed by atoms with Crippen molar-refractivity contribution in [2.24, 2.45) is 11.3 Å². The van der Waals surface area contributed by atoms with Gasteiger partial charge in [0.05, 0.1) is 23.5 Å². The van der Waals surface area contributed by atoms with Gasteiger partial charge in [0, 0.05) is 5.56 Å². The Morgan fingerprint density at radius 3 is 2.76 bits per heavy atom. The highest BCUT2D eigenvalue weighted by atomic mass is 19.2. The zero-order chi connectivity index (χ0) is 26.4. The summed E-state index contributed by atoms with van der Waals surface area (Å²) in [6.45, 7) is 4.61. The normalized spacial score (nSPS) is 22.1. The van der Waals surface area contributed by atoms with E-state index >= 15 is 0 Å². The minimum atomic E-state index is -0.954. The van der Waals surface area contributed by atoms with Crippen LogP contribution in [-0.2, 0) is 30.5 Å². The number of fused-ring (bicyclic) bond motifs is 5. The molecular weight excluding hydrogens is 480 g/mol. The van der Waals surface area contributed by atoms with Crippen LogP contribution in [-0.4, -0.2) is 15.9 Å². The maximum absolute atomic E-state index is 13.7. The fraction of sp³-hybridized carbons (Fsp3) is 0.406. The lowest BCUT2D eigenvalue weighted by Crippen LogP contribution is -2.35. The lowest BCUT2D eigenvalue weighted by atomic mass is 9.60. The van der Waals surface area contributed by atoms with Crippen LogP contribution in [0.15, 0.2) is 53.6 Å². The summed E-state index contributed by atoms with van der Waals surface area (Å²) in [5, 5.41) is 3.01. The highest BCUT2D eigenvalue weighted by Gasteiger charge is 2.41. The van der Waals surface area contributed by atoms with Gasteiger partial charge < -0.3 is 5.32 Å². The zero-order valence-electron chi connectivity index (χ0n) is 22.0. The number of anilines is 1. The summed E-state index contributed by atoms with van der Waals surface area (Å²) >= 11 is 0. The minimum absolute atomic E-state index is 0.0630. The molecule has 1 aromatic heterocycles. The van der Waals surface area contributed by atoms with Crippen LogP contribution in [0.4, 0.5) is 14.6 Å². The summed E-state index contributed by atoms with van der Waals surface area (Å²) in [6, 6.07) is 11.9. The lowest BCUT2D eigenvalue weighted by molar-refractivity contribution is -0.115. The van der Waals surface area contributed by atoms with Crippen LogP contribution in [0.2, 0.25) is 0 Å². The maximum atomic E-state index is 13.7. The molecule has 4 nitrogen and oxygen atoms in total. The fourth-order valence-electron chi connectivity index (χ4n) is 6.90. The van der Waals surface area contributed by atoms with Crippen molar-refractivity contribution in [1.82, 2.24) is 9.97 Å². The van der Waals surface area contributed by atoms with Crippen LogP contribution in [0, 0.1) is 23.0 Å². The van der Waals surface area contributed by atoms with Crippen molar-refractivity contribution in [2.45, 2.75) is 71.6 Å². The number of hydrogen-bond donors (Lipinski definition) is 1. The quantitative estimate of drug-likeness (QED) is 0.368. The first kappa shape index (κ1) is 24.9. The number of aryl methyl sites for hydroxylation is 2. The first-order valence-electron chi connectivity index (χ1n) is 13.7. The first-order chi connectivity index (χ1) is 18.3. The van der Waals surface area contributed by atoms with E-state index < -0.39 is 11.6 Å². The van der Waals surface area contributed by atoms with Crippen molar-refractivity contribution in [2.75, 3.05) is 5.32 Å². The Labute approximate surface area is 222 Å². The molecule has 3 aromatic rings. The highest BCUT2D eigenvalue weighted by molar-refractivity contribution is 5.92. The number of nitrogens with one attached hydrogen (secondary N) is 1. The smallest absolute Gasteiger partial charge is 0.229 e. The van der Waals surface area contributed by atoms with Gasteiger partial charge >= 0.3 is 0 Å². The van der Waals surface area contributed by atoms with Crippen molar-refractivity contribution < 1.29 is 13.6 Å². The Morgan fingerprint density at radius 2 is 1.92 bits per heavy atom. The summed E-state index contributed by atoms with van der Waals surface area (Å²) in [5.74, 6) is -1.06. The molecule has 1 amide bonds. The lowest BCUT2D eigenvalue weighted by Gasteiger charge is -2.45. The Morgan fingerprint density at radius 1 is 1.08 bits per heavy atom. The van der Waals surface area contributed by atoms with E-state index in [0.29, 0.717) is 17.3 Å². The van der Waals surface area contributed by atoms with E-state index in [1.54, 1.807) is 5.57 Å². The number of hydrogen-bond acceptors (Lipinski definition) is 3. The van der Waals surface area contributed by atoms with E-state index in [0.717, 1.165) is 79.7 Å². The minimum Gasteiger partial charge on any atom is -0.309 e. The third kappa shape index (κ3) is 4.77. The Hall–Kier alpha value is -3.41. The third-order valence-corrected chi connectivity index (χ3v) is 8.69. The number of carbonyl (C=O) groups is 1. The van der Waals surface area contributed by atoms with Gasteiger partial charge in [-0.1, -0.05) is 48.4 Å². The summed E-state index contributed by atoms with van der Waals surface area (Å²) in [6.07, 6.45) is 7.97. The van der Waals surface area contributed by atoms with Crippen LogP contribution >= 0.6 is 0 Å². The van der Waals surface area contributed by atoms with Crippen molar-refractivity contribution in [3.63, 3.8) is 0 Å². The second kappa shape index (κ2) is 9.72. The molecule has 2 unspecified atom stereocenters. The molecule has 0 saturated heterocycles. The SMILES string of the molecule is CC1=C2CC(C)CC(Cc3nc4c(nc3NC(=O)Cc3ccc(F)c(F)c3)CCc3ccccc3-4)(CC1)C2. The van der Waals surface area contributed by atoms with Gasteiger partial charge in [-0.25, -0.2) is 18.7 Å². The Kier molecular flexibility index (Phi) is 6.37. The van der Waals surface area contributed by atoms with Gasteiger partial charge in [0.25, 0.3) is 0 Å². The molecule has 1 heterocycles. The van der Waals surface area contributed by atoms with Crippen molar-refractivity contribution >= 4 is 11.7 Å². The second-order valence-electron chi connectivity index (χ2n) is 11.7. The molecule has 0 radical (unpaired) electrons. The molecule has 2 bridgehead atoms. The number of carbonyl (C=O) groups excluding carboxylic acids is 1. The molecule has 6 heteroatoms. The first-order valence-corrected chi connectivity index (χ1v) is 13.7. The molecule has 2 aromatic carbocycles. The fourth-order valence-corrected chi connectivity index (χ4v) is 6.90. The molecule has 0 aliphatic heterocycles. The van der Waals surface area contributed by atoms with E-state index in [2.05, 4.69) is 37.4 Å². The van der Waals surface area contributed by atoms with Crippen LogP contribution < -0.4 is 5.32 Å². The van der Waals surface area contributed by atoms with Crippen molar-refractivity contribution in [3.8, 4) is 11.3 Å². The molecule has 3 aliphatic carbocycles. The summed E-state index contributed by atoms with van der Waals surface area (Å²) in [4.78, 5) is 23.3. The van der Waals surface area contributed by atoms with Crippen LogP contribution in [0.1, 0.15) is 68.5 Å². The monoisotopic (exact) mass is 513 g/mol. The second-order valence-corrected chi connectivity index (χ2v) is 11.7. The third-order valence-electron chi connectivity index (χ3n) is 8.69. The topological polar surface area (TPSA) is 54.9 Å². The van der Waals surface area contributed by atoms with Crippen molar-refractivity contribution in [1.29, 1.82) is 0 Å². The molecule has 0 spiro atoms. The molecule has 2 atom stereocenters. The van der Waals surface area contributed by atoms with Gasteiger partial charge in [-0.15, -0.1) is 0 Å². The van der Waals surface area contributed by atoms with E-state index in [9.17, 15) is 13.6 Å². The number of rotatable bonds is 5. The molecular formula is C32H33F2N3O. The molecule has 1 N–H and O–H groups in total. The predicted molar refractivity (Wildman–Crippen MR) is 145 cm³/mol. The number of allylic oxidation sites excluding steroid dienone is 2. The van der Waals surface area contributed by atoms with E-state index in [-0.39, 0.29) is 17.7 Å². The number of benzene rings is 2. The predicted octanol–water partition coefficient (Wildman–Crippen LogP) is 7.16. The maximum Gasteiger partial charge on any atom is 0.229 e. The van der Waals surface area contributed by atoms with E-state index in [1.165, 1.54) is 23.6 Å². The van der Waals surface area contributed by atoms with Gasteiger partial charge in [-0.05, 0) is 92.9 Å². The van der Waals surface area contributed by atoms with Crippen molar-refractivity contribution in [3.05, 3.63) is 87.8 Å². The highest BCUT2D eigenvalue weighted by Crippen LogP contribution is 2.52. The van der Waals surface area contributed by atoms with Gasteiger partial charge in [0.1, 0.15) is 0 Å². The molecule has 38 heavy (non-hydrogen) atoms. The van der Waals surface area contributed by atoms with Crippen LogP contribution in [0.25, 0.3) is 11.3 Å². The van der Waals surface area contributed by atoms with Gasteiger partial charge in [0.2, 0.25) is 5.91 Å². The molecule has 3 aliphatic rings.